The van der Waals surface area contributed by atoms with Crippen LogP contribution >= 0.6 is 15.9 Å². The van der Waals surface area contributed by atoms with Crippen molar-refractivity contribution in [3.63, 3.8) is 0 Å². The van der Waals surface area contributed by atoms with E-state index in [0.29, 0.717) is 6.07 Å². The van der Waals surface area contributed by atoms with Gasteiger partial charge in [0.05, 0.1) is 5.56 Å². The molecule has 0 fully saturated rings. The van der Waals surface area contributed by atoms with Crippen molar-refractivity contribution in [1.82, 2.24) is 0 Å². The molecule has 0 aliphatic heterocycles. The van der Waals surface area contributed by atoms with Gasteiger partial charge in [0.25, 0.3) is 0 Å². The van der Waals surface area contributed by atoms with E-state index in [1.165, 1.54) is 0 Å². The van der Waals surface area contributed by atoms with E-state index in [1.807, 2.05) is 0 Å². The van der Waals surface area contributed by atoms with Crippen molar-refractivity contribution < 1.29 is 22.0 Å². The highest BCUT2D eigenvalue weighted by Crippen LogP contribution is 2.33. The maximum absolute atomic E-state index is 12.9. The Kier molecular flexibility index (Phi) is 3.14. The average Bonchev–Trinajstić information content (AvgIpc) is 2.07. The zero-order valence-corrected chi connectivity index (χ0v) is 8.22. The lowest BCUT2D eigenvalue weighted by Gasteiger charge is -2.09. The minimum Gasteiger partial charge on any atom is -0.203 e. The van der Waals surface area contributed by atoms with Gasteiger partial charge >= 0.3 is 6.18 Å². The fourth-order valence-electron chi connectivity index (χ4n) is 0.912. The third-order valence-corrected chi connectivity index (χ3v) is 2.22. The van der Waals surface area contributed by atoms with Gasteiger partial charge in [-0.15, -0.1) is 0 Å². The van der Waals surface area contributed by atoms with E-state index in [1.54, 1.807) is 0 Å². The summed E-state index contributed by atoms with van der Waals surface area (Å²) in [4.78, 5) is 0. The maximum Gasteiger partial charge on any atom is 0.419 e. The van der Waals surface area contributed by atoms with Crippen LogP contribution in [0.15, 0.2) is 12.1 Å². The zero-order valence-electron chi connectivity index (χ0n) is 6.63. The monoisotopic (exact) mass is 274 g/mol. The predicted octanol–water partition coefficient (Wildman–Crippen LogP) is 3.88. The second kappa shape index (κ2) is 3.84. The first-order valence-electron chi connectivity index (χ1n) is 3.48. The highest BCUT2D eigenvalue weighted by Gasteiger charge is 2.35. The average molecular weight is 275 g/mol. The van der Waals surface area contributed by atoms with Gasteiger partial charge in [0, 0.05) is 10.9 Å². The molecule has 1 aromatic carbocycles. The van der Waals surface area contributed by atoms with Crippen LogP contribution in [0.4, 0.5) is 22.0 Å². The minimum absolute atomic E-state index is 0.0338. The van der Waals surface area contributed by atoms with Crippen molar-refractivity contribution in [2.75, 3.05) is 0 Å². The third-order valence-electron chi connectivity index (χ3n) is 1.61. The van der Waals surface area contributed by atoms with Crippen molar-refractivity contribution in [3.05, 3.63) is 34.9 Å². The molecule has 78 valence electrons. The molecule has 0 unspecified atom stereocenters. The molecule has 0 amide bonds. The summed E-state index contributed by atoms with van der Waals surface area (Å²) in [6, 6.07) is 1.42. The van der Waals surface area contributed by atoms with Crippen LogP contribution in [0.2, 0.25) is 0 Å². The van der Waals surface area contributed by atoms with Crippen LogP contribution in [0.25, 0.3) is 0 Å². The summed E-state index contributed by atoms with van der Waals surface area (Å²) in [5, 5.41) is -0.0338. The van der Waals surface area contributed by atoms with Crippen LogP contribution < -0.4 is 0 Å². The van der Waals surface area contributed by atoms with E-state index in [4.69, 9.17) is 0 Å². The SMILES string of the molecule is Fc1c(CBr)ccc(C(F)(F)F)c1F. The molecule has 6 heteroatoms. The standard InChI is InChI=1S/C8H4BrF5/c9-3-4-1-2-5(8(12,13)14)7(11)6(4)10/h1-2H,3H2. The fraction of sp³-hybridized carbons (Fsp3) is 0.250. The van der Waals surface area contributed by atoms with E-state index in [2.05, 4.69) is 15.9 Å². The molecule has 0 aromatic heterocycles. The predicted molar refractivity (Wildman–Crippen MR) is 44.0 cm³/mol. The largest absolute Gasteiger partial charge is 0.419 e. The Morgan fingerprint density at radius 2 is 1.64 bits per heavy atom. The van der Waals surface area contributed by atoms with Gasteiger partial charge in [-0.05, 0) is 6.07 Å². The Hall–Kier alpha value is -0.650. The lowest BCUT2D eigenvalue weighted by Crippen LogP contribution is -2.10. The highest BCUT2D eigenvalue weighted by atomic mass is 79.9. The van der Waals surface area contributed by atoms with Gasteiger partial charge in [-0.25, -0.2) is 8.78 Å². The number of rotatable bonds is 1. The number of benzene rings is 1. The Balaban J connectivity index is 3.31. The van der Waals surface area contributed by atoms with Crippen LogP contribution in [0.3, 0.4) is 0 Å². The summed E-state index contributed by atoms with van der Waals surface area (Å²) >= 11 is 2.83. The van der Waals surface area contributed by atoms with E-state index in [-0.39, 0.29) is 10.9 Å². The second-order valence-electron chi connectivity index (χ2n) is 2.53. The first-order chi connectivity index (χ1) is 6.38. The molecule has 14 heavy (non-hydrogen) atoms. The molecule has 0 nitrogen and oxygen atoms in total. The summed E-state index contributed by atoms with van der Waals surface area (Å²) in [7, 11) is 0. The molecule has 1 rings (SSSR count). The van der Waals surface area contributed by atoms with Gasteiger partial charge in [0.2, 0.25) is 0 Å². The molecular formula is C8H4BrF5. The quantitative estimate of drug-likeness (QED) is 0.539. The maximum atomic E-state index is 12.9. The first kappa shape index (κ1) is 11.4. The number of hydrogen-bond acceptors (Lipinski definition) is 0. The molecule has 0 saturated carbocycles. The smallest absolute Gasteiger partial charge is 0.203 e. The van der Waals surface area contributed by atoms with Crippen molar-refractivity contribution in [2.24, 2.45) is 0 Å². The fourth-order valence-corrected chi connectivity index (χ4v) is 1.34. The van der Waals surface area contributed by atoms with Gasteiger partial charge in [0.1, 0.15) is 0 Å². The summed E-state index contributed by atoms with van der Waals surface area (Å²) in [5.74, 6) is -3.31. The Labute approximate surface area is 84.9 Å². The summed E-state index contributed by atoms with van der Waals surface area (Å²) in [5.41, 5.74) is -1.73. The number of halogens is 6. The van der Waals surface area contributed by atoms with Crippen LogP contribution in [0.5, 0.6) is 0 Å². The molecule has 0 aliphatic carbocycles. The summed E-state index contributed by atoms with van der Waals surface area (Å²) < 4.78 is 61.9. The molecule has 0 spiro atoms. The molecular weight excluding hydrogens is 271 g/mol. The van der Waals surface area contributed by atoms with Gasteiger partial charge in [-0.3, -0.25) is 0 Å². The summed E-state index contributed by atoms with van der Waals surface area (Å²) in [6.07, 6.45) is -4.87. The molecule has 0 bridgehead atoms. The summed E-state index contributed by atoms with van der Waals surface area (Å²) in [6.45, 7) is 0. The molecule has 0 aliphatic rings. The Morgan fingerprint density at radius 3 is 2.07 bits per heavy atom. The van der Waals surface area contributed by atoms with Crippen LogP contribution in [0, 0.1) is 11.6 Å². The third kappa shape index (κ3) is 2.05. The van der Waals surface area contributed by atoms with E-state index in [9.17, 15) is 22.0 Å². The van der Waals surface area contributed by atoms with Crippen molar-refractivity contribution >= 4 is 15.9 Å². The molecule has 0 heterocycles. The first-order valence-corrected chi connectivity index (χ1v) is 4.60. The van der Waals surface area contributed by atoms with Gasteiger partial charge in [-0.1, -0.05) is 22.0 Å². The molecule has 0 N–H and O–H groups in total. The number of hydrogen-bond donors (Lipinski definition) is 0. The number of alkyl halides is 4. The van der Waals surface area contributed by atoms with Crippen LogP contribution in [-0.4, -0.2) is 0 Å². The van der Waals surface area contributed by atoms with Crippen molar-refractivity contribution in [2.45, 2.75) is 11.5 Å². The van der Waals surface area contributed by atoms with Crippen molar-refractivity contribution in [1.29, 1.82) is 0 Å². The second-order valence-corrected chi connectivity index (χ2v) is 3.09. The molecule has 0 radical (unpaired) electrons. The normalized spacial score (nSPS) is 11.9. The lowest BCUT2D eigenvalue weighted by molar-refractivity contribution is -0.140. The van der Waals surface area contributed by atoms with Crippen LogP contribution in [-0.2, 0) is 11.5 Å². The van der Waals surface area contributed by atoms with Crippen molar-refractivity contribution in [3.8, 4) is 0 Å². The topological polar surface area (TPSA) is 0 Å². The van der Waals surface area contributed by atoms with Gasteiger partial charge in [0.15, 0.2) is 11.6 Å². The zero-order chi connectivity index (χ0) is 10.9. The lowest BCUT2D eigenvalue weighted by atomic mass is 10.1. The van der Waals surface area contributed by atoms with Gasteiger partial charge < -0.3 is 0 Å². The van der Waals surface area contributed by atoms with Crippen LogP contribution in [0.1, 0.15) is 11.1 Å². The Morgan fingerprint density at radius 1 is 1.07 bits per heavy atom. The highest BCUT2D eigenvalue weighted by molar-refractivity contribution is 9.08. The minimum atomic E-state index is -4.87. The molecule has 1 aromatic rings. The van der Waals surface area contributed by atoms with E-state index >= 15 is 0 Å². The molecule has 0 saturated heterocycles. The Bertz CT molecular complexity index is 344. The van der Waals surface area contributed by atoms with E-state index < -0.39 is 23.4 Å². The van der Waals surface area contributed by atoms with Gasteiger partial charge in [-0.2, -0.15) is 13.2 Å². The molecule has 0 atom stereocenters. The van der Waals surface area contributed by atoms with E-state index in [0.717, 1.165) is 6.07 Å².